The van der Waals surface area contributed by atoms with Crippen LogP contribution in [0.2, 0.25) is 0 Å². The van der Waals surface area contributed by atoms with Crippen LogP contribution >= 0.6 is 11.3 Å². The fourth-order valence-electron chi connectivity index (χ4n) is 3.51. The van der Waals surface area contributed by atoms with Crippen LogP contribution in [0, 0.1) is 0 Å². The Morgan fingerprint density at radius 1 is 1.23 bits per heavy atom. The number of hydrogen-bond acceptors (Lipinski definition) is 8. The number of carbonyl (C=O) groups is 2. The van der Waals surface area contributed by atoms with Crippen LogP contribution in [0.5, 0.6) is 0 Å². The number of nitrogens with one attached hydrogen (secondary N) is 1. The lowest BCUT2D eigenvalue weighted by Crippen LogP contribution is -2.15. The fourth-order valence-corrected chi connectivity index (χ4v) is 4.81. The molecule has 4 rings (SSSR count). The molecule has 0 saturated heterocycles. The van der Waals surface area contributed by atoms with Crippen LogP contribution in [0.25, 0.3) is 11.5 Å². The zero-order valence-electron chi connectivity index (χ0n) is 16.6. The van der Waals surface area contributed by atoms with E-state index in [9.17, 15) is 9.59 Å². The Labute approximate surface area is 177 Å². The second kappa shape index (κ2) is 9.17. The third kappa shape index (κ3) is 4.40. The molecule has 0 aromatic carbocycles. The third-order valence-corrected chi connectivity index (χ3v) is 6.20. The summed E-state index contributed by atoms with van der Waals surface area (Å²) in [5.41, 5.74) is 2.14. The molecule has 0 saturated carbocycles. The summed E-state index contributed by atoms with van der Waals surface area (Å²) in [6.07, 6.45) is 7.16. The number of anilines is 1. The minimum Gasteiger partial charge on any atom is -0.465 e. The Bertz CT molecular complexity index is 1040. The van der Waals surface area contributed by atoms with Crippen LogP contribution < -0.4 is 5.32 Å². The molecule has 1 N–H and O–H groups in total. The minimum atomic E-state index is -0.401. The molecule has 3 heterocycles. The van der Waals surface area contributed by atoms with E-state index in [1.807, 2.05) is 12.1 Å². The van der Waals surface area contributed by atoms with Gasteiger partial charge in [-0.05, 0) is 43.4 Å². The normalized spacial score (nSPS) is 13.4. The minimum absolute atomic E-state index is 0.160. The van der Waals surface area contributed by atoms with Crippen molar-refractivity contribution >= 4 is 28.2 Å². The van der Waals surface area contributed by atoms with Gasteiger partial charge in [0.1, 0.15) is 10.7 Å². The molecule has 1 aliphatic rings. The lowest BCUT2D eigenvalue weighted by atomic mass is 10.1. The number of aromatic nitrogens is 3. The van der Waals surface area contributed by atoms with E-state index in [4.69, 9.17) is 9.26 Å². The topological polar surface area (TPSA) is 107 Å². The van der Waals surface area contributed by atoms with Gasteiger partial charge in [0.05, 0.1) is 12.7 Å². The molecule has 3 aromatic heterocycles. The number of nitrogens with zero attached hydrogens (tertiary/aromatic N) is 3. The highest BCUT2D eigenvalue weighted by molar-refractivity contribution is 7.17. The first-order valence-corrected chi connectivity index (χ1v) is 10.7. The summed E-state index contributed by atoms with van der Waals surface area (Å²) in [6.45, 7) is 0. The first-order valence-electron chi connectivity index (χ1n) is 9.92. The van der Waals surface area contributed by atoms with Crippen molar-refractivity contribution in [3.63, 3.8) is 0 Å². The maximum Gasteiger partial charge on any atom is 0.341 e. The van der Waals surface area contributed by atoms with E-state index in [1.54, 1.807) is 12.3 Å². The van der Waals surface area contributed by atoms with Crippen molar-refractivity contribution in [2.24, 2.45) is 0 Å². The number of amides is 1. The molecule has 30 heavy (non-hydrogen) atoms. The highest BCUT2D eigenvalue weighted by atomic mass is 32.1. The molecule has 1 aliphatic carbocycles. The molecule has 0 bridgehead atoms. The van der Waals surface area contributed by atoms with Gasteiger partial charge in [-0.25, -0.2) is 4.79 Å². The number of ether oxygens (including phenoxy) is 1. The number of aryl methyl sites for hydroxylation is 2. The number of carbonyl (C=O) groups excluding carboxylic acids is 2. The van der Waals surface area contributed by atoms with Gasteiger partial charge in [0.2, 0.25) is 17.6 Å². The Morgan fingerprint density at radius 3 is 2.90 bits per heavy atom. The number of fused-ring (bicyclic) bond motifs is 1. The number of thiophene rings is 1. The highest BCUT2D eigenvalue weighted by Crippen LogP contribution is 2.38. The fraction of sp³-hybridized carbons (Fsp3) is 0.381. The standard InChI is InChI=1S/C21H22N4O4S/c1-28-21(27)18-13-7-3-2-4-9-15(13)30-20(18)23-16(26)10-11-17-24-19(25-29-17)14-8-5-6-12-22-14/h5-6,8,12H,2-4,7,9-11H2,1H3,(H,23,26). The maximum atomic E-state index is 12.5. The molecule has 1 amide bonds. The number of rotatable bonds is 6. The van der Waals surface area contributed by atoms with Crippen LogP contribution in [-0.2, 0) is 28.8 Å². The van der Waals surface area contributed by atoms with Gasteiger partial charge in [0.15, 0.2) is 0 Å². The van der Waals surface area contributed by atoms with Crippen LogP contribution in [0.1, 0.15) is 52.4 Å². The summed E-state index contributed by atoms with van der Waals surface area (Å²) in [5, 5.41) is 7.37. The molecule has 0 spiro atoms. The van der Waals surface area contributed by atoms with E-state index < -0.39 is 5.97 Å². The smallest absolute Gasteiger partial charge is 0.341 e. The summed E-state index contributed by atoms with van der Waals surface area (Å²) in [6, 6.07) is 5.44. The van der Waals surface area contributed by atoms with Crippen molar-refractivity contribution in [3.8, 4) is 11.5 Å². The number of esters is 1. The summed E-state index contributed by atoms with van der Waals surface area (Å²) in [5.74, 6) is 0.137. The molecule has 0 atom stereocenters. The van der Waals surface area contributed by atoms with Crippen molar-refractivity contribution in [2.45, 2.75) is 44.9 Å². The van der Waals surface area contributed by atoms with E-state index in [2.05, 4.69) is 20.4 Å². The number of methoxy groups -OCH3 is 1. The second-order valence-corrected chi connectivity index (χ2v) is 8.14. The largest absolute Gasteiger partial charge is 0.465 e. The first kappa shape index (κ1) is 20.2. The SMILES string of the molecule is COC(=O)c1c(NC(=O)CCc2nc(-c3ccccn3)no2)sc2c1CCCCC2. The Balaban J connectivity index is 1.43. The van der Waals surface area contributed by atoms with Crippen LogP contribution in [0.15, 0.2) is 28.9 Å². The van der Waals surface area contributed by atoms with E-state index in [0.717, 1.165) is 37.7 Å². The van der Waals surface area contributed by atoms with E-state index in [1.165, 1.54) is 23.3 Å². The van der Waals surface area contributed by atoms with Gasteiger partial charge in [-0.15, -0.1) is 11.3 Å². The summed E-state index contributed by atoms with van der Waals surface area (Å²) in [7, 11) is 1.36. The van der Waals surface area contributed by atoms with Gasteiger partial charge in [-0.2, -0.15) is 4.98 Å². The van der Waals surface area contributed by atoms with Crippen molar-refractivity contribution in [1.82, 2.24) is 15.1 Å². The average Bonchev–Trinajstić information content (AvgIpc) is 3.30. The summed E-state index contributed by atoms with van der Waals surface area (Å²) < 4.78 is 10.2. The summed E-state index contributed by atoms with van der Waals surface area (Å²) in [4.78, 5) is 34.6. The Kier molecular flexibility index (Phi) is 6.18. The summed E-state index contributed by atoms with van der Waals surface area (Å²) >= 11 is 1.48. The predicted octanol–water partition coefficient (Wildman–Crippen LogP) is 3.82. The molecule has 3 aromatic rings. The lowest BCUT2D eigenvalue weighted by Gasteiger charge is -2.07. The molecule has 0 aliphatic heterocycles. The first-order chi connectivity index (χ1) is 14.7. The van der Waals surface area contributed by atoms with Crippen molar-refractivity contribution < 1.29 is 18.8 Å². The molecule has 0 radical (unpaired) electrons. The molecule has 0 fully saturated rings. The molecule has 9 heteroatoms. The van der Waals surface area contributed by atoms with Gasteiger partial charge >= 0.3 is 5.97 Å². The molecular formula is C21H22N4O4S. The van der Waals surface area contributed by atoms with Crippen molar-refractivity contribution in [1.29, 1.82) is 0 Å². The monoisotopic (exact) mass is 426 g/mol. The highest BCUT2D eigenvalue weighted by Gasteiger charge is 2.26. The number of hydrogen-bond donors (Lipinski definition) is 1. The molecule has 0 unspecified atom stereocenters. The van der Waals surface area contributed by atoms with Gasteiger partial charge in [-0.3, -0.25) is 9.78 Å². The predicted molar refractivity (Wildman–Crippen MR) is 111 cm³/mol. The van der Waals surface area contributed by atoms with Crippen molar-refractivity contribution in [2.75, 3.05) is 12.4 Å². The van der Waals surface area contributed by atoms with Gasteiger partial charge in [-0.1, -0.05) is 17.6 Å². The molecular weight excluding hydrogens is 404 g/mol. The van der Waals surface area contributed by atoms with Crippen LogP contribution in [0.4, 0.5) is 5.00 Å². The zero-order chi connectivity index (χ0) is 20.9. The maximum absolute atomic E-state index is 12.5. The lowest BCUT2D eigenvalue weighted by molar-refractivity contribution is -0.116. The van der Waals surface area contributed by atoms with E-state index in [-0.39, 0.29) is 12.3 Å². The number of pyridine rings is 1. The van der Waals surface area contributed by atoms with E-state index >= 15 is 0 Å². The van der Waals surface area contributed by atoms with Gasteiger partial charge < -0.3 is 14.6 Å². The average molecular weight is 426 g/mol. The molecule has 8 nitrogen and oxygen atoms in total. The molecule has 156 valence electrons. The quantitative estimate of drug-likeness (QED) is 0.471. The Hall–Kier alpha value is -3.07. The third-order valence-electron chi connectivity index (χ3n) is 4.99. The van der Waals surface area contributed by atoms with Gasteiger partial charge in [0, 0.05) is 23.9 Å². The van der Waals surface area contributed by atoms with E-state index in [0.29, 0.717) is 34.4 Å². The van der Waals surface area contributed by atoms with Crippen LogP contribution in [-0.4, -0.2) is 34.1 Å². The zero-order valence-corrected chi connectivity index (χ0v) is 17.5. The van der Waals surface area contributed by atoms with Crippen molar-refractivity contribution in [3.05, 3.63) is 46.3 Å². The van der Waals surface area contributed by atoms with Gasteiger partial charge in [0.25, 0.3) is 0 Å². The Morgan fingerprint density at radius 2 is 2.10 bits per heavy atom. The second-order valence-electron chi connectivity index (χ2n) is 7.04. The van der Waals surface area contributed by atoms with Crippen LogP contribution in [0.3, 0.4) is 0 Å².